The fourth-order valence-electron chi connectivity index (χ4n) is 2.44. The van der Waals surface area contributed by atoms with Crippen molar-refractivity contribution in [3.63, 3.8) is 0 Å². The van der Waals surface area contributed by atoms with E-state index in [0.29, 0.717) is 12.5 Å². The summed E-state index contributed by atoms with van der Waals surface area (Å²) >= 11 is 0. The first-order chi connectivity index (χ1) is 9.12. The molecule has 1 heterocycles. The Morgan fingerprint density at radius 1 is 1.37 bits per heavy atom. The first-order valence-electron chi connectivity index (χ1n) is 7.18. The van der Waals surface area contributed by atoms with Crippen LogP contribution in [0.4, 0.5) is 0 Å². The quantitative estimate of drug-likeness (QED) is 0.702. The van der Waals surface area contributed by atoms with Crippen LogP contribution in [0.1, 0.15) is 33.1 Å². The topological polar surface area (TPSA) is 58.6 Å². The van der Waals surface area contributed by atoms with E-state index < -0.39 is 0 Å². The Balaban J connectivity index is 2.66. The smallest absolute Gasteiger partial charge is 0.325 e. The molecule has 0 radical (unpaired) electrons. The summed E-state index contributed by atoms with van der Waals surface area (Å²) in [7, 11) is 1.36. The van der Waals surface area contributed by atoms with Gasteiger partial charge in [0.25, 0.3) is 0 Å². The van der Waals surface area contributed by atoms with E-state index in [-0.39, 0.29) is 24.3 Å². The van der Waals surface area contributed by atoms with Crippen molar-refractivity contribution >= 4 is 11.9 Å². The lowest BCUT2D eigenvalue weighted by Gasteiger charge is -2.27. The van der Waals surface area contributed by atoms with Crippen molar-refractivity contribution in [2.75, 3.05) is 33.3 Å². The molecule has 1 rings (SSSR count). The largest absolute Gasteiger partial charge is 0.468 e. The van der Waals surface area contributed by atoms with Crippen LogP contribution in [0.5, 0.6) is 0 Å². The van der Waals surface area contributed by atoms with E-state index >= 15 is 0 Å². The molecule has 110 valence electrons. The Bertz CT molecular complexity index is 297. The van der Waals surface area contributed by atoms with E-state index in [0.717, 1.165) is 32.4 Å². The van der Waals surface area contributed by atoms with Crippen LogP contribution in [-0.2, 0) is 14.3 Å². The number of rotatable bonds is 7. The molecule has 0 spiro atoms. The third-order valence-corrected chi connectivity index (χ3v) is 3.90. The van der Waals surface area contributed by atoms with Crippen LogP contribution < -0.4 is 5.32 Å². The molecule has 1 unspecified atom stereocenters. The predicted molar refractivity (Wildman–Crippen MR) is 73.6 cm³/mol. The maximum Gasteiger partial charge on any atom is 0.325 e. The van der Waals surface area contributed by atoms with E-state index in [4.69, 9.17) is 4.74 Å². The van der Waals surface area contributed by atoms with Crippen molar-refractivity contribution < 1.29 is 14.3 Å². The van der Waals surface area contributed by atoms with E-state index in [1.165, 1.54) is 7.11 Å². The molecule has 1 amide bonds. The third kappa shape index (κ3) is 4.82. The van der Waals surface area contributed by atoms with Crippen LogP contribution in [0.15, 0.2) is 0 Å². The lowest BCUT2D eigenvalue weighted by atomic mass is 10.0. The molecule has 5 nitrogen and oxygen atoms in total. The Hall–Kier alpha value is -1.10. The first-order valence-corrected chi connectivity index (χ1v) is 7.18. The van der Waals surface area contributed by atoms with E-state index in [2.05, 4.69) is 19.2 Å². The van der Waals surface area contributed by atoms with Crippen molar-refractivity contribution in [2.45, 2.75) is 33.1 Å². The lowest BCUT2D eigenvalue weighted by molar-refractivity contribution is -0.148. The summed E-state index contributed by atoms with van der Waals surface area (Å²) < 4.78 is 4.69. The Morgan fingerprint density at radius 2 is 2.05 bits per heavy atom. The monoisotopic (exact) mass is 270 g/mol. The SMILES string of the molecule is CCC(CC)CN(CC(=O)OC)C(=O)C1CCNC1. The molecule has 1 fully saturated rings. The van der Waals surface area contributed by atoms with Gasteiger partial charge in [-0.25, -0.2) is 0 Å². The Labute approximate surface area is 115 Å². The van der Waals surface area contributed by atoms with Crippen molar-refractivity contribution in [2.24, 2.45) is 11.8 Å². The normalized spacial score (nSPS) is 18.6. The van der Waals surface area contributed by atoms with Crippen LogP contribution in [0.3, 0.4) is 0 Å². The summed E-state index contributed by atoms with van der Waals surface area (Å²) in [5.41, 5.74) is 0. The van der Waals surface area contributed by atoms with Gasteiger partial charge in [-0.05, 0) is 18.9 Å². The summed E-state index contributed by atoms with van der Waals surface area (Å²) in [5.74, 6) is 0.203. The van der Waals surface area contributed by atoms with Crippen molar-refractivity contribution in [1.29, 1.82) is 0 Å². The lowest BCUT2D eigenvalue weighted by Crippen LogP contribution is -2.43. The van der Waals surface area contributed by atoms with Gasteiger partial charge in [0.05, 0.1) is 13.0 Å². The van der Waals surface area contributed by atoms with Crippen LogP contribution in [-0.4, -0.2) is 50.1 Å². The molecule has 0 saturated carbocycles. The Kier molecular flexibility index (Phi) is 6.84. The van der Waals surface area contributed by atoms with Crippen molar-refractivity contribution in [3.05, 3.63) is 0 Å². The molecule has 1 atom stereocenters. The van der Waals surface area contributed by atoms with Gasteiger partial charge in [0.15, 0.2) is 0 Å². The second-order valence-corrected chi connectivity index (χ2v) is 5.17. The number of nitrogens with zero attached hydrogens (tertiary/aromatic N) is 1. The van der Waals surface area contributed by atoms with Crippen LogP contribution >= 0.6 is 0 Å². The fourth-order valence-corrected chi connectivity index (χ4v) is 2.44. The highest BCUT2D eigenvalue weighted by atomic mass is 16.5. The van der Waals surface area contributed by atoms with E-state index in [9.17, 15) is 9.59 Å². The number of methoxy groups -OCH3 is 1. The van der Waals surface area contributed by atoms with Gasteiger partial charge in [-0.2, -0.15) is 0 Å². The van der Waals surface area contributed by atoms with Gasteiger partial charge in [0.2, 0.25) is 5.91 Å². The third-order valence-electron chi connectivity index (χ3n) is 3.90. The molecule has 0 aromatic rings. The predicted octanol–water partition coefficient (Wildman–Crippen LogP) is 1.03. The highest BCUT2D eigenvalue weighted by Gasteiger charge is 2.29. The Morgan fingerprint density at radius 3 is 2.53 bits per heavy atom. The van der Waals surface area contributed by atoms with Gasteiger partial charge in [0, 0.05) is 13.1 Å². The van der Waals surface area contributed by atoms with E-state index in [1.54, 1.807) is 4.90 Å². The van der Waals surface area contributed by atoms with Gasteiger partial charge >= 0.3 is 5.97 Å². The summed E-state index contributed by atoms with van der Waals surface area (Å²) in [5, 5.41) is 3.19. The fraction of sp³-hybridized carbons (Fsp3) is 0.857. The highest BCUT2D eigenvalue weighted by molar-refractivity contribution is 5.84. The number of nitrogens with one attached hydrogen (secondary N) is 1. The zero-order valence-corrected chi connectivity index (χ0v) is 12.3. The number of ether oxygens (including phenoxy) is 1. The zero-order valence-electron chi connectivity index (χ0n) is 12.3. The molecule has 19 heavy (non-hydrogen) atoms. The minimum absolute atomic E-state index is 0.0130. The molecule has 0 aliphatic carbocycles. The molecule has 1 saturated heterocycles. The molecular weight excluding hydrogens is 244 g/mol. The first kappa shape index (κ1) is 16.0. The summed E-state index contributed by atoms with van der Waals surface area (Å²) in [6, 6.07) is 0. The maximum atomic E-state index is 12.4. The van der Waals surface area contributed by atoms with Gasteiger partial charge in [-0.15, -0.1) is 0 Å². The number of amides is 1. The number of carbonyl (C=O) groups is 2. The van der Waals surface area contributed by atoms with Crippen molar-refractivity contribution in [3.8, 4) is 0 Å². The number of hydrogen-bond acceptors (Lipinski definition) is 4. The second kappa shape index (κ2) is 8.15. The van der Waals surface area contributed by atoms with Crippen LogP contribution in [0, 0.1) is 11.8 Å². The molecular formula is C14H26N2O3. The number of carbonyl (C=O) groups excluding carboxylic acids is 2. The van der Waals surface area contributed by atoms with Gasteiger partial charge in [0.1, 0.15) is 6.54 Å². The highest BCUT2D eigenvalue weighted by Crippen LogP contribution is 2.16. The van der Waals surface area contributed by atoms with Gasteiger partial charge in [-0.3, -0.25) is 9.59 Å². The minimum atomic E-state index is -0.342. The molecule has 1 aliphatic heterocycles. The summed E-state index contributed by atoms with van der Waals surface area (Å²) in [4.78, 5) is 25.6. The van der Waals surface area contributed by atoms with Crippen molar-refractivity contribution in [1.82, 2.24) is 10.2 Å². The molecule has 5 heteroatoms. The molecule has 0 aromatic carbocycles. The molecule has 0 aromatic heterocycles. The second-order valence-electron chi connectivity index (χ2n) is 5.17. The minimum Gasteiger partial charge on any atom is -0.468 e. The number of esters is 1. The average Bonchev–Trinajstić information content (AvgIpc) is 2.96. The molecule has 1 N–H and O–H groups in total. The van der Waals surface area contributed by atoms with E-state index in [1.807, 2.05) is 0 Å². The maximum absolute atomic E-state index is 12.4. The molecule has 1 aliphatic rings. The summed E-state index contributed by atoms with van der Waals surface area (Å²) in [6.07, 6.45) is 2.90. The number of hydrogen-bond donors (Lipinski definition) is 1. The van der Waals surface area contributed by atoms with Crippen LogP contribution in [0.2, 0.25) is 0 Å². The van der Waals surface area contributed by atoms with Crippen LogP contribution in [0.25, 0.3) is 0 Å². The van der Waals surface area contributed by atoms with Gasteiger partial charge in [-0.1, -0.05) is 26.7 Å². The van der Waals surface area contributed by atoms with Gasteiger partial charge < -0.3 is 15.0 Å². The molecule has 0 bridgehead atoms. The zero-order chi connectivity index (χ0) is 14.3. The standard InChI is InChI=1S/C14H26N2O3/c1-4-11(5-2)9-16(10-13(17)19-3)14(18)12-6-7-15-8-12/h11-12,15H,4-10H2,1-3H3. The average molecular weight is 270 g/mol. The summed E-state index contributed by atoms with van der Waals surface area (Å²) in [6.45, 7) is 6.56.